The largest absolute Gasteiger partial charge is 0.350 e. The van der Waals surface area contributed by atoms with Crippen molar-refractivity contribution in [1.29, 1.82) is 0 Å². The molecule has 5 nitrogen and oxygen atoms in total. The first-order valence-electron chi connectivity index (χ1n) is 9.17. The van der Waals surface area contributed by atoms with Gasteiger partial charge in [0.25, 0.3) is 5.56 Å². The van der Waals surface area contributed by atoms with E-state index in [9.17, 15) is 9.59 Å². The molecule has 1 amide bonds. The molecular formula is C23H18ClN3O2. The molecule has 4 rings (SSSR count). The highest BCUT2D eigenvalue weighted by atomic mass is 35.5. The lowest BCUT2D eigenvalue weighted by Gasteiger charge is -2.09. The van der Waals surface area contributed by atoms with Crippen LogP contribution in [-0.4, -0.2) is 15.7 Å². The molecule has 29 heavy (non-hydrogen) atoms. The maximum Gasteiger partial charge on any atom is 0.267 e. The van der Waals surface area contributed by atoms with E-state index in [0.717, 1.165) is 21.9 Å². The Morgan fingerprint density at radius 3 is 2.48 bits per heavy atom. The van der Waals surface area contributed by atoms with Gasteiger partial charge in [0.05, 0.1) is 5.69 Å². The number of nitrogens with one attached hydrogen (secondary N) is 1. The van der Waals surface area contributed by atoms with Gasteiger partial charge < -0.3 is 5.32 Å². The van der Waals surface area contributed by atoms with Crippen molar-refractivity contribution in [2.75, 3.05) is 0 Å². The number of rotatable bonds is 5. The van der Waals surface area contributed by atoms with Crippen molar-refractivity contribution in [3.05, 3.63) is 99.8 Å². The van der Waals surface area contributed by atoms with Crippen molar-refractivity contribution < 1.29 is 4.79 Å². The molecule has 0 aliphatic heterocycles. The SMILES string of the molecule is O=C(Cn1nc(-c2ccc3ccccc3c2)ccc1=O)NCc1ccc(Cl)cc1. The average molecular weight is 404 g/mol. The van der Waals surface area contributed by atoms with Crippen molar-refractivity contribution in [1.82, 2.24) is 15.1 Å². The molecule has 3 aromatic carbocycles. The number of aromatic nitrogens is 2. The van der Waals surface area contributed by atoms with Gasteiger partial charge in [0.2, 0.25) is 5.91 Å². The molecule has 0 bridgehead atoms. The van der Waals surface area contributed by atoms with Gasteiger partial charge in [0.1, 0.15) is 6.54 Å². The van der Waals surface area contributed by atoms with Crippen LogP contribution in [0.3, 0.4) is 0 Å². The summed E-state index contributed by atoms with van der Waals surface area (Å²) in [6.45, 7) is 0.211. The Hall–Kier alpha value is -3.44. The monoisotopic (exact) mass is 403 g/mol. The third-order valence-corrected chi connectivity index (χ3v) is 4.86. The van der Waals surface area contributed by atoms with E-state index in [2.05, 4.69) is 10.4 Å². The molecule has 0 atom stereocenters. The van der Waals surface area contributed by atoms with Crippen molar-refractivity contribution in [3.63, 3.8) is 0 Å². The molecule has 1 aromatic heterocycles. The second kappa shape index (κ2) is 8.29. The van der Waals surface area contributed by atoms with Gasteiger partial charge in [-0.3, -0.25) is 9.59 Å². The van der Waals surface area contributed by atoms with E-state index in [1.54, 1.807) is 18.2 Å². The summed E-state index contributed by atoms with van der Waals surface area (Å²) in [5, 5.41) is 10.0. The Bertz CT molecular complexity index is 1230. The number of fused-ring (bicyclic) bond motifs is 1. The van der Waals surface area contributed by atoms with Gasteiger partial charge in [-0.15, -0.1) is 0 Å². The predicted octanol–water partition coefficient (Wildman–Crippen LogP) is 4.03. The highest BCUT2D eigenvalue weighted by Crippen LogP contribution is 2.22. The smallest absolute Gasteiger partial charge is 0.267 e. The Morgan fingerprint density at radius 2 is 1.69 bits per heavy atom. The van der Waals surface area contributed by atoms with Crippen LogP contribution in [0.15, 0.2) is 83.7 Å². The molecule has 1 heterocycles. The first kappa shape index (κ1) is 18.9. The minimum Gasteiger partial charge on any atom is -0.350 e. The molecule has 0 aliphatic carbocycles. The molecule has 0 saturated carbocycles. The van der Waals surface area contributed by atoms with E-state index >= 15 is 0 Å². The number of hydrogen-bond acceptors (Lipinski definition) is 3. The molecule has 4 aromatic rings. The second-order valence-corrected chi connectivity index (χ2v) is 7.12. The Kier molecular flexibility index (Phi) is 5.40. The van der Waals surface area contributed by atoms with Crippen molar-refractivity contribution in [2.45, 2.75) is 13.1 Å². The second-order valence-electron chi connectivity index (χ2n) is 6.68. The molecule has 0 fully saturated rings. The Morgan fingerprint density at radius 1 is 0.931 bits per heavy atom. The normalized spacial score (nSPS) is 10.8. The standard InChI is InChI=1S/C23H18ClN3O2/c24-20-9-5-16(6-10-20)14-25-22(28)15-27-23(29)12-11-21(26-27)19-8-7-17-3-1-2-4-18(17)13-19/h1-13H,14-15H2,(H,25,28). The van der Waals surface area contributed by atoms with E-state index in [0.29, 0.717) is 17.3 Å². The van der Waals surface area contributed by atoms with E-state index < -0.39 is 0 Å². The van der Waals surface area contributed by atoms with Crippen molar-refractivity contribution >= 4 is 28.3 Å². The van der Waals surface area contributed by atoms with Crippen LogP contribution >= 0.6 is 11.6 Å². The molecule has 6 heteroatoms. The van der Waals surface area contributed by atoms with Gasteiger partial charge >= 0.3 is 0 Å². The summed E-state index contributed by atoms with van der Waals surface area (Å²) < 4.78 is 1.18. The fourth-order valence-corrected chi connectivity index (χ4v) is 3.19. The quantitative estimate of drug-likeness (QED) is 0.547. The van der Waals surface area contributed by atoms with Crippen LogP contribution in [0.25, 0.3) is 22.0 Å². The Balaban J connectivity index is 1.50. The number of halogens is 1. The highest BCUT2D eigenvalue weighted by molar-refractivity contribution is 6.30. The third kappa shape index (κ3) is 4.52. The molecule has 0 unspecified atom stereocenters. The van der Waals surface area contributed by atoms with Crippen LogP contribution in [0, 0.1) is 0 Å². The number of benzene rings is 3. The fourth-order valence-electron chi connectivity index (χ4n) is 3.06. The highest BCUT2D eigenvalue weighted by Gasteiger charge is 2.09. The third-order valence-electron chi connectivity index (χ3n) is 4.61. The van der Waals surface area contributed by atoms with Crippen LogP contribution in [0.4, 0.5) is 0 Å². The lowest BCUT2D eigenvalue weighted by atomic mass is 10.1. The van der Waals surface area contributed by atoms with E-state index in [-0.39, 0.29) is 18.0 Å². The molecule has 0 spiro atoms. The zero-order valence-corrected chi connectivity index (χ0v) is 16.3. The number of hydrogen-bond donors (Lipinski definition) is 1. The zero-order valence-electron chi connectivity index (χ0n) is 15.5. The lowest BCUT2D eigenvalue weighted by Crippen LogP contribution is -2.33. The van der Waals surface area contributed by atoms with E-state index in [1.165, 1.54) is 10.7 Å². The van der Waals surface area contributed by atoms with Crippen molar-refractivity contribution in [3.8, 4) is 11.3 Å². The fraction of sp³-hybridized carbons (Fsp3) is 0.0870. The topological polar surface area (TPSA) is 64.0 Å². The van der Waals surface area contributed by atoms with Gasteiger partial charge in [0.15, 0.2) is 0 Å². The van der Waals surface area contributed by atoms with Gasteiger partial charge in [0, 0.05) is 23.2 Å². The van der Waals surface area contributed by atoms with Crippen LogP contribution in [0.1, 0.15) is 5.56 Å². The summed E-state index contributed by atoms with van der Waals surface area (Å²) in [4.78, 5) is 24.5. The average Bonchev–Trinajstić information content (AvgIpc) is 2.74. The number of carbonyl (C=O) groups excluding carboxylic acids is 1. The summed E-state index contributed by atoms with van der Waals surface area (Å²) >= 11 is 5.86. The summed E-state index contributed by atoms with van der Waals surface area (Å²) in [6, 6.07) is 24.4. The van der Waals surface area contributed by atoms with Gasteiger partial charge in [-0.1, -0.05) is 60.1 Å². The van der Waals surface area contributed by atoms with Gasteiger partial charge in [-0.05, 0) is 40.6 Å². The lowest BCUT2D eigenvalue weighted by molar-refractivity contribution is -0.122. The number of amides is 1. The molecule has 0 saturated heterocycles. The number of carbonyl (C=O) groups is 1. The Labute approximate surface area is 172 Å². The zero-order chi connectivity index (χ0) is 20.2. The summed E-state index contributed by atoms with van der Waals surface area (Å²) in [6.07, 6.45) is 0. The maximum atomic E-state index is 12.3. The predicted molar refractivity (Wildman–Crippen MR) is 115 cm³/mol. The summed E-state index contributed by atoms with van der Waals surface area (Å²) in [5.41, 5.74) is 2.13. The maximum absolute atomic E-state index is 12.3. The van der Waals surface area contributed by atoms with Gasteiger partial charge in [-0.2, -0.15) is 5.10 Å². The van der Waals surface area contributed by atoms with Crippen LogP contribution < -0.4 is 10.9 Å². The van der Waals surface area contributed by atoms with Crippen molar-refractivity contribution in [2.24, 2.45) is 0 Å². The first-order valence-corrected chi connectivity index (χ1v) is 9.55. The minimum atomic E-state index is -0.323. The summed E-state index contributed by atoms with van der Waals surface area (Å²) in [7, 11) is 0. The van der Waals surface area contributed by atoms with Gasteiger partial charge in [-0.25, -0.2) is 4.68 Å². The molecule has 1 N–H and O–H groups in total. The van der Waals surface area contributed by atoms with Crippen LogP contribution in [0.5, 0.6) is 0 Å². The molecule has 0 aliphatic rings. The number of nitrogens with zero attached hydrogens (tertiary/aromatic N) is 2. The molecule has 0 radical (unpaired) electrons. The van der Waals surface area contributed by atoms with E-state index in [4.69, 9.17) is 11.6 Å². The minimum absolute atomic E-state index is 0.145. The van der Waals surface area contributed by atoms with Crippen LogP contribution in [0.2, 0.25) is 5.02 Å². The first-order chi connectivity index (χ1) is 14.1. The molecular weight excluding hydrogens is 386 g/mol. The van der Waals surface area contributed by atoms with Crippen LogP contribution in [-0.2, 0) is 17.9 Å². The summed E-state index contributed by atoms with van der Waals surface area (Å²) in [5.74, 6) is -0.287. The molecule has 144 valence electrons. The van der Waals surface area contributed by atoms with E-state index in [1.807, 2.05) is 54.6 Å².